The van der Waals surface area contributed by atoms with Crippen LogP contribution in [-0.2, 0) is 26.4 Å². The van der Waals surface area contributed by atoms with Gasteiger partial charge in [-0.05, 0) is 29.5 Å². The summed E-state index contributed by atoms with van der Waals surface area (Å²) in [5.74, 6) is -1.78. The van der Waals surface area contributed by atoms with Crippen molar-refractivity contribution in [1.29, 1.82) is 5.41 Å². The highest BCUT2D eigenvalue weighted by molar-refractivity contribution is 7.83. The van der Waals surface area contributed by atoms with Crippen molar-refractivity contribution >= 4 is 28.0 Å². The number of hydrogen-bond donors (Lipinski definition) is 5. The second-order valence-corrected chi connectivity index (χ2v) is 10.6. The van der Waals surface area contributed by atoms with Gasteiger partial charge in [0, 0.05) is 24.6 Å². The molecule has 0 aliphatic carbocycles. The standard InChI is InChI=1S/C28H31N5O5S/c29-26(30)22-15-13-19(14-16-22)18-31-27(34)23-12-7-17-33(23)28(35)25(32-39(36,37)38)24(20-8-3-1-4-9-20)21-10-5-2-6-11-21/h1-6,8-11,13-16,23-25,32H,7,12,17-18H2,(H3,29,30)(H,31,34)(H,36,37,38)/t23-,25+/m0/s1. The average molecular weight is 550 g/mol. The first-order chi connectivity index (χ1) is 18.6. The third-order valence-electron chi connectivity index (χ3n) is 6.76. The normalized spacial score (nSPS) is 16.2. The van der Waals surface area contributed by atoms with Crippen molar-refractivity contribution in [1.82, 2.24) is 14.9 Å². The number of carbonyl (C=O) groups excluding carboxylic acids is 2. The lowest BCUT2D eigenvalue weighted by Crippen LogP contribution is -2.55. The molecule has 0 aromatic heterocycles. The van der Waals surface area contributed by atoms with Crippen LogP contribution in [0.25, 0.3) is 0 Å². The number of carbonyl (C=O) groups is 2. The summed E-state index contributed by atoms with van der Waals surface area (Å²) >= 11 is 0. The summed E-state index contributed by atoms with van der Waals surface area (Å²) in [6, 6.07) is 22.6. The summed E-state index contributed by atoms with van der Waals surface area (Å²) in [4.78, 5) is 28.5. The zero-order chi connectivity index (χ0) is 28.0. The van der Waals surface area contributed by atoms with Crippen LogP contribution in [0, 0.1) is 5.41 Å². The number of nitrogens with zero attached hydrogens (tertiary/aromatic N) is 1. The van der Waals surface area contributed by atoms with E-state index >= 15 is 0 Å². The van der Waals surface area contributed by atoms with Crippen molar-refractivity contribution in [3.63, 3.8) is 0 Å². The Hall–Kier alpha value is -4.06. The molecule has 3 aromatic rings. The molecule has 1 fully saturated rings. The predicted octanol–water partition coefficient (Wildman–Crippen LogP) is 2.17. The molecule has 1 heterocycles. The molecule has 11 heteroatoms. The number of benzene rings is 3. The van der Waals surface area contributed by atoms with Crippen LogP contribution < -0.4 is 15.8 Å². The SMILES string of the molecule is N=C(N)c1ccc(CNC(=O)[C@@H]2CCCN2C(=O)[C@H](NS(=O)(=O)O)C(c2ccccc2)c2ccccc2)cc1. The van der Waals surface area contributed by atoms with Crippen LogP contribution in [0.3, 0.4) is 0 Å². The molecule has 204 valence electrons. The van der Waals surface area contributed by atoms with Crippen LogP contribution in [0.1, 0.15) is 41.0 Å². The molecule has 2 atom stereocenters. The van der Waals surface area contributed by atoms with Crippen LogP contribution in [0.5, 0.6) is 0 Å². The van der Waals surface area contributed by atoms with Crippen molar-refractivity contribution in [2.24, 2.45) is 5.73 Å². The maximum Gasteiger partial charge on any atom is 0.334 e. The average Bonchev–Trinajstić information content (AvgIpc) is 3.42. The Morgan fingerprint density at radius 1 is 0.974 bits per heavy atom. The first-order valence-corrected chi connectivity index (χ1v) is 13.9. The largest absolute Gasteiger partial charge is 0.384 e. The third-order valence-corrected chi connectivity index (χ3v) is 7.31. The van der Waals surface area contributed by atoms with E-state index in [0.29, 0.717) is 29.5 Å². The molecule has 0 saturated carbocycles. The van der Waals surface area contributed by atoms with Gasteiger partial charge >= 0.3 is 10.3 Å². The molecular formula is C28H31N5O5S. The summed E-state index contributed by atoms with van der Waals surface area (Å²) in [5, 5.41) is 10.3. The van der Waals surface area contributed by atoms with Gasteiger partial charge in [0.15, 0.2) is 0 Å². The van der Waals surface area contributed by atoms with Crippen molar-refractivity contribution in [3.8, 4) is 0 Å². The summed E-state index contributed by atoms with van der Waals surface area (Å²) in [7, 11) is -4.77. The van der Waals surface area contributed by atoms with Crippen molar-refractivity contribution in [3.05, 3.63) is 107 Å². The van der Waals surface area contributed by atoms with Gasteiger partial charge in [-0.2, -0.15) is 13.1 Å². The number of hydrogen-bond acceptors (Lipinski definition) is 5. The Balaban J connectivity index is 1.59. The second kappa shape index (κ2) is 12.2. The maximum absolute atomic E-state index is 14.0. The first kappa shape index (κ1) is 28.0. The molecule has 0 bridgehead atoms. The van der Waals surface area contributed by atoms with Crippen LogP contribution >= 0.6 is 0 Å². The van der Waals surface area contributed by atoms with E-state index in [4.69, 9.17) is 11.1 Å². The topological polar surface area (TPSA) is 166 Å². The lowest BCUT2D eigenvalue weighted by Gasteiger charge is -2.33. The zero-order valence-corrected chi connectivity index (χ0v) is 22.0. The predicted molar refractivity (Wildman–Crippen MR) is 147 cm³/mol. The van der Waals surface area contributed by atoms with E-state index < -0.39 is 34.2 Å². The molecule has 1 aliphatic rings. The van der Waals surface area contributed by atoms with Gasteiger partial charge in [-0.3, -0.25) is 19.6 Å². The van der Waals surface area contributed by atoms with E-state index in [1.54, 1.807) is 72.8 Å². The van der Waals surface area contributed by atoms with E-state index in [-0.39, 0.29) is 24.8 Å². The van der Waals surface area contributed by atoms with Crippen LogP contribution in [0.15, 0.2) is 84.9 Å². The van der Waals surface area contributed by atoms with Gasteiger partial charge in [-0.25, -0.2) is 0 Å². The second-order valence-electron chi connectivity index (χ2n) is 9.39. The molecule has 1 saturated heterocycles. The van der Waals surface area contributed by atoms with Gasteiger partial charge in [0.25, 0.3) is 0 Å². The minimum atomic E-state index is -4.77. The Bertz CT molecular complexity index is 1380. The van der Waals surface area contributed by atoms with E-state index in [1.165, 1.54) is 4.90 Å². The summed E-state index contributed by atoms with van der Waals surface area (Å²) in [6.45, 7) is 0.475. The molecule has 0 spiro atoms. The van der Waals surface area contributed by atoms with Crippen LogP contribution in [0.4, 0.5) is 0 Å². The van der Waals surface area contributed by atoms with Crippen LogP contribution in [0.2, 0.25) is 0 Å². The summed E-state index contributed by atoms with van der Waals surface area (Å²) < 4.78 is 36.0. The van der Waals surface area contributed by atoms with Crippen molar-refractivity contribution < 1.29 is 22.6 Å². The lowest BCUT2D eigenvalue weighted by molar-refractivity contribution is -0.140. The van der Waals surface area contributed by atoms with Crippen molar-refractivity contribution in [2.45, 2.75) is 37.4 Å². The Labute approximate surface area is 227 Å². The van der Waals surface area contributed by atoms with Gasteiger partial charge in [0.05, 0.1) is 0 Å². The van der Waals surface area contributed by atoms with Gasteiger partial charge in [0.2, 0.25) is 11.8 Å². The highest BCUT2D eigenvalue weighted by atomic mass is 32.2. The Morgan fingerprint density at radius 3 is 2.05 bits per heavy atom. The number of amidine groups is 1. The minimum absolute atomic E-state index is 0.0527. The van der Waals surface area contributed by atoms with E-state index in [9.17, 15) is 22.6 Å². The van der Waals surface area contributed by atoms with Crippen LogP contribution in [-0.4, -0.2) is 54.1 Å². The van der Waals surface area contributed by atoms with Crippen molar-refractivity contribution in [2.75, 3.05) is 6.54 Å². The Kier molecular flexibility index (Phi) is 8.75. The molecule has 39 heavy (non-hydrogen) atoms. The fraction of sp³-hybridized carbons (Fsp3) is 0.250. The molecule has 6 N–H and O–H groups in total. The molecule has 2 amide bonds. The number of rotatable bonds is 10. The highest BCUT2D eigenvalue weighted by Gasteiger charge is 2.42. The van der Waals surface area contributed by atoms with Gasteiger partial charge in [0.1, 0.15) is 17.9 Å². The minimum Gasteiger partial charge on any atom is -0.384 e. The summed E-state index contributed by atoms with van der Waals surface area (Å²) in [5.41, 5.74) is 8.20. The van der Waals surface area contributed by atoms with Gasteiger partial charge < -0.3 is 16.0 Å². The lowest BCUT2D eigenvalue weighted by atomic mass is 9.84. The maximum atomic E-state index is 14.0. The molecule has 0 unspecified atom stereocenters. The molecule has 1 aliphatic heterocycles. The molecule has 0 radical (unpaired) electrons. The van der Waals surface area contributed by atoms with E-state index in [2.05, 4.69) is 10.0 Å². The summed E-state index contributed by atoms with van der Waals surface area (Å²) in [6.07, 6.45) is 0.984. The number of nitrogens with two attached hydrogens (primary N) is 1. The van der Waals surface area contributed by atoms with E-state index in [1.807, 2.05) is 12.1 Å². The molecule has 10 nitrogen and oxygen atoms in total. The number of amides is 2. The smallest absolute Gasteiger partial charge is 0.334 e. The third kappa shape index (κ3) is 7.08. The highest BCUT2D eigenvalue weighted by Crippen LogP contribution is 2.31. The van der Waals surface area contributed by atoms with E-state index in [0.717, 1.165) is 5.56 Å². The quantitative estimate of drug-likeness (QED) is 0.148. The van der Waals surface area contributed by atoms with Gasteiger partial charge in [-0.15, -0.1) is 0 Å². The molecule has 4 rings (SSSR count). The first-order valence-electron chi connectivity index (χ1n) is 12.5. The van der Waals surface area contributed by atoms with Gasteiger partial charge in [-0.1, -0.05) is 84.9 Å². The fourth-order valence-corrected chi connectivity index (χ4v) is 5.47. The molecular weight excluding hydrogens is 518 g/mol. The molecule has 3 aromatic carbocycles. The Morgan fingerprint density at radius 2 is 1.54 bits per heavy atom. The number of nitrogens with one attached hydrogen (secondary N) is 3. The zero-order valence-electron chi connectivity index (χ0n) is 21.2. The number of likely N-dealkylation sites (tertiary alicyclic amines) is 1. The fourth-order valence-electron chi connectivity index (χ4n) is 4.91. The monoisotopic (exact) mass is 549 g/mol. The number of nitrogen functional groups attached to an aromatic ring is 1.